The van der Waals surface area contributed by atoms with Crippen LogP contribution in [0.1, 0.15) is 54.6 Å². The molecular formula is C26H33ClN6O. The monoisotopic (exact) mass is 480 g/mol. The number of carbonyl (C=O) groups is 1. The highest BCUT2D eigenvalue weighted by Crippen LogP contribution is 2.25. The number of carbonyl (C=O) groups excluding carboxylic acids is 1. The van der Waals surface area contributed by atoms with E-state index in [9.17, 15) is 4.79 Å². The minimum Gasteiger partial charge on any atom is -0.357 e. The van der Waals surface area contributed by atoms with Crippen molar-refractivity contribution in [3.8, 4) is 0 Å². The molecule has 7 nitrogen and oxygen atoms in total. The largest absolute Gasteiger partial charge is 0.357 e. The number of nitrogens with one attached hydrogen (secondary N) is 2. The molecule has 2 aromatic heterocycles. The van der Waals surface area contributed by atoms with Gasteiger partial charge in [-0.25, -0.2) is 9.67 Å². The van der Waals surface area contributed by atoms with Crippen molar-refractivity contribution in [1.29, 1.82) is 0 Å². The van der Waals surface area contributed by atoms with Crippen molar-refractivity contribution in [2.45, 2.75) is 45.1 Å². The standard InChI is InChI=1S/C26H33ClN6O/c27-21-9-7-19(8-10-21)18-33-25-22(11-12-23(30-25)32-14-3-1-2-4-15-32)24(31-33)26(34)29-17-20-6-5-13-28-16-20/h7-12,20,28H,1-6,13-18H2,(H,29,34). The van der Waals surface area contributed by atoms with Crippen LogP contribution in [0.3, 0.4) is 0 Å². The number of benzene rings is 1. The number of pyridine rings is 1. The fourth-order valence-corrected chi connectivity index (χ4v) is 5.10. The second-order valence-electron chi connectivity index (χ2n) is 9.50. The summed E-state index contributed by atoms with van der Waals surface area (Å²) >= 11 is 6.08. The highest BCUT2D eigenvalue weighted by Gasteiger charge is 2.22. The van der Waals surface area contributed by atoms with Crippen molar-refractivity contribution in [2.24, 2.45) is 5.92 Å². The van der Waals surface area contributed by atoms with E-state index in [0.29, 0.717) is 29.7 Å². The van der Waals surface area contributed by atoms with E-state index < -0.39 is 0 Å². The topological polar surface area (TPSA) is 75.1 Å². The van der Waals surface area contributed by atoms with Gasteiger partial charge in [-0.2, -0.15) is 5.10 Å². The molecule has 5 rings (SSSR count). The predicted molar refractivity (Wildman–Crippen MR) is 137 cm³/mol. The van der Waals surface area contributed by atoms with Gasteiger partial charge in [0, 0.05) is 24.7 Å². The Hall–Kier alpha value is -2.64. The lowest BCUT2D eigenvalue weighted by molar-refractivity contribution is 0.0940. The Bertz CT molecular complexity index is 1110. The molecule has 8 heteroatoms. The zero-order valence-electron chi connectivity index (χ0n) is 19.6. The number of nitrogens with zero attached hydrogens (tertiary/aromatic N) is 4. The lowest BCUT2D eigenvalue weighted by Gasteiger charge is -2.22. The summed E-state index contributed by atoms with van der Waals surface area (Å²) in [6.45, 7) is 5.25. The van der Waals surface area contributed by atoms with Crippen LogP contribution < -0.4 is 15.5 Å². The molecule has 0 saturated carbocycles. The third-order valence-corrected chi connectivity index (χ3v) is 7.17. The van der Waals surface area contributed by atoms with Gasteiger partial charge in [0.25, 0.3) is 5.91 Å². The maximum absolute atomic E-state index is 13.2. The molecule has 34 heavy (non-hydrogen) atoms. The van der Waals surface area contributed by atoms with Crippen LogP contribution in [0, 0.1) is 5.92 Å². The Labute approximate surface area is 205 Å². The van der Waals surface area contributed by atoms with Crippen molar-refractivity contribution in [2.75, 3.05) is 37.6 Å². The number of rotatable bonds is 6. The van der Waals surface area contributed by atoms with Gasteiger partial charge in [0.05, 0.1) is 11.9 Å². The van der Waals surface area contributed by atoms with E-state index in [1.165, 1.54) is 25.7 Å². The Morgan fingerprint density at radius 3 is 2.59 bits per heavy atom. The molecule has 0 spiro atoms. The fourth-order valence-electron chi connectivity index (χ4n) is 4.98. The molecule has 2 saturated heterocycles. The third-order valence-electron chi connectivity index (χ3n) is 6.92. The average Bonchev–Trinajstić information content (AvgIpc) is 3.03. The summed E-state index contributed by atoms with van der Waals surface area (Å²) in [5.74, 6) is 1.30. The molecule has 2 N–H and O–H groups in total. The lowest BCUT2D eigenvalue weighted by Crippen LogP contribution is -2.38. The van der Waals surface area contributed by atoms with E-state index >= 15 is 0 Å². The van der Waals surface area contributed by atoms with Gasteiger partial charge in [-0.3, -0.25) is 4.79 Å². The second kappa shape index (κ2) is 10.7. The molecule has 1 atom stereocenters. The zero-order chi connectivity index (χ0) is 23.3. The van der Waals surface area contributed by atoms with Gasteiger partial charge in [0.1, 0.15) is 5.82 Å². The number of hydrogen-bond acceptors (Lipinski definition) is 5. The van der Waals surface area contributed by atoms with Gasteiger partial charge >= 0.3 is 0 Å². The number of hydrogen-bond donors (Lipinski definition) is 2. The van der Waals surface area contributed by atoms with E-state index in [2.05, 4.69) is 15.5 Å². The second-order valence-corrected chi connectivity index (χ2v) is 9.93. The van der Waals surface area contributed by atoms with Crippen LogP contribution in [0.4, 0.5) is 5.82 Å². The Morgan fingerprint density at radius 2 is 1.85 bits per heavy atom. The van der Waals surface area contributed by atoms with Crippen LogP contribution in [0.2, 0.25) is 5.02 Å². The molecule has 1 aromatic carbocycles. The minimum absolute atomic E-state index is 0.130. The van der Waals surface area contributed by atoms with E-state index in [1.807, 2.05) is 41.1 Å². The number of aromatic nitrogens is 3. The summed E-state index contributed by atoms with van der Waals surface area (Å²) in [7, 11) is 0. The average molecular weight is 481 g/mol. The first-order valence-electron chi connectivity index (χ1n) is 12.5. The number of anilines is 1. The Kier molecular flexibility index (Phi) is 7.30. The van der Waals surface area contributed by atoms with Gasteiger partial charge in [0.15, 0.2) is 11.3 Å². The van der Waals surface area contributed by atoms with Gasteiger partial charge in [-0.1, -0.05) is 36.6 Å². The van der Waals surface area contributed by atoms with E-state index in [4.69, 9.17) is 21.7 Å². The molecule has 180 valence electrons. The Morgan fingerprint density at radius 1 is 1.06 bits per heavy atom. The van der Waals surface area contributed by atoms with Crippen molar-refractivity contribution in [3.05, 3.63) is 52.7 Å². The normalized spacial score (nSPS) is 19.2. The van der Waals surface area contributed by atoms with Crippen LogP contribution in [0.5, 0.6) is 0 Å². The van der Waals surface area contributed by atoms with E-state index in [0.717, 1.165) is 61.4 Å². The van der Waals surface area contributed by atoms with E-state index in [-0.39, 0.29) is 5.91 Å². The molecule has 1 amide bonds. The van der Waals surface area contributed by atoms with E-state index in [1.54, 1.807) is 0 Å². The molecule has 4 heterocycles. The van der Waals surface area contributed by atoms with Crippen LogP contribution in [-0.2, 0) is 6.54 Å². The smallest absolute Gasteiger partial charge is 0.272 e. The summed E-state index contributed by atoms with van der Waals surface area (Å²) in [6.07, 6.45) is 7.21. The molecule has 2 aliphatic rings. The van der Waals surface area contributed by atoms with Crippen LogP contribution >= 0.6 is 11.6 Å². The number of halogens is 1. The first-order chi connectivity index (χ1) is 16.7. The highest BCUT2D eigenvalue weighted by atomic mass is 35.5. The number of amides is 1. The first-order valence-corrected chi connectivity index (χ1v) is 12.9. The highest BCUT2D eigenvalue weighted by molar-refractivity contribution is 6.30. The van der Waals surface area contributed by atoms with Crippen molar-refractivity contribution in [3.63, 3.8) is 0 Å². The van der Waals surface area contributed by atoms with Crippen LogP contribution in [-0.4, -0.2) is 53.4 Å². The maximum atomic E-state index is 13.2. The van der Waals surface area contributed by atoms with Crippen LogP contribution in [0.25, 0.3) is 11.0 Å². The summed E-state index contributed by atoms with van der Waals surface area (Å²) in [5.41, 5.74) is 2.26. The SMILES string of the molecule is O=C(NCC1CCCNC1)c1nn(Cc2ccc(Cl)cc2)c2nc(N3CCCCCC3)ccc12. The molecule has 0 radical (unpaired) electrons. The number of fused-ring (bicyclic) bond motifs is 1. The molecule has 0 bridgehead atoms. The maximum Gasteiger partial charge on any atom is 0.272 e. The minimum atomic E-state index is -0.130. The van der Waals surface area contributed by atoms with Crippen LogP contribution in [0.15, 0.2) is 36.4 Å². The molecule has 2 aliphatic heterocycles. The molecule has 2 fully saturated rings. The molecule has 3 aromatic rings. The fraction of sp³-hybridized carbons (Fsp3) is 0.500. The molecule has 1 unspecified atom stereocenters. The van der Waals surface area contributed by atoms with Gasteiger partial charge in [0.2, 0.25) is 0 Å². The number of piperidine rings is 1. The summed E-state index contributed by atoms with van der Waals surface area (Å²) in [5, 5.41) is 12.8. The quantitative estimate of drug-likeness (QED) is 0.552. The zero-order valence-corrected chi connectivity index (χ0v) is 20.4. The first kappa shape index (κ1) is 23.1. The predicted octanol–water partition coefficient (Wildman–Crippen LogP) is 4.24. The van der Waals surface area contributed by atoms with Gasteiger partial charge in [-0.15, -0.1) is 0 Å². The lowest BCUT2D eigenvalue weighted by atomic mass is 10.00. The molecular weight excluding hydrogens is 448 g/mol. The summed E-state index contributed by atoms with van der Waals surface area (Å²) in [6, 6.07) is 11.8. The van der Waals surface area contributed by atoms with Crippen molar-refractivity contribution in [1.82, 2.24) is 25.4 Å². The third kappa shape index (κ3) is 5.36. The van der Waals surface area contributed by atoms with Gasteiger partial charge in [-0.05, 0) is 74.5 Å². The van der Waals surface area contributed by atoms with Crippen molar-refractivity contribution < 1.29 is 4.79 Å². The summed E-state index contributed by atoms with van der Waals surface area (Å²) in [4.78, 5) is 20.6. The summed E-state index contributed by atoms with van der Waals surface area (Å²) < 4.78 is 1.86. The molecule has 0 aliphatic carbocycles. The van der Waals surface area contributed by atoms with Crippen molar-refractivity contribution >= 4 is 34.4 Å². The Balaban J connectivity index is 1.44. The van der Waals surface area contributed by atoms with Gasteiger partial charge < -0.3 is 15.5 Å².